The van der Waals surface area contributed by atoms with E-state index in [9.17, 15) is 4.79 Å². The van der Waals surface area contributed by atoms with E-state index in [2.05, 4.69) is 11.2 Å². The van der Waals surface area contributed by atoms with E-state index in [0.717, 1.165) is 13.0 Å². The van der Waals surface area contributed by atoms with E-state index in [1.165, 1.54) is 0 Å². The topological polar surface area (TPSA) is 29.1 Å². The Hall–Kier alpha value is -0.810. The van der Waals surface area contributed by atoms with Crippen molar-refractivity contribution in [3.8, 4) is 12.3 Å². The minimum absolute atomic E-state index is 0.301. The molecule has 0 amide bonds. The molecule has 0 aromatic carbocycles. The fourth-order valence-electron chi connectivity index (χ4n) is 0.777. The van der Waals surface area contributed by atoms with Gasteiger partial charge in [-0.05, 0) is 13.5 Å². The summed E-state index contributed by atoms with van der Waals surface area (Å²) in [5, 5.41) is 2.93. The first-order valence-corrected chi connectivity index (χ1v) is 3.91. The van der Waals surface area contributed by atoms with E-state index >= 15 is 0 Å². The van der Waals surface area contributed by atoms with Crippen molar-refractivity contribution in [2.24, 2.45) is 0 Å². The molecular formula is C9H15NO. The van der Waals surface area contributed by atoms with Crippen molar-refractivity contribution in [1.29, 1.82) is 0 Å². The number of carbonyl (C=O) groups excluding carboxylic acids is 1. The zero-order chi connectivity index (χ0) is 8.53. The fraction of sp³-hybridized carbons (Fsp3) is 0.667. The largest absolute Gasteiger partial charge is 0.319 e. The van der Waals surface area contributed by atoms with Crippen molar-refractivity contribution in [3.63, 3.8) is 0 Å². The smallest absolute Gasteiger partial charge is 0.134 e. The quantitative estimate of drug-likeness (QED) is 0.455. The minimum atomic E-state index is 0.301. The van der Waals surface area contributed by atoms with Crippen LogP contribution in [0.1, 0.15) is 25.7 Å². The van der Waals surface area contributed by atoms with Crippen LogP contribution in [-0.2, 0) is 4.79 Å². The number of terminal acetylenes is 1. The highest BCUT2D eigenvalue weighted by Gasteiger charge is 1.98. The van der Waals surface area contributed by atoms with Gasteiger partial charge in [-0.1, -0.05) is 0 Å². The molecule has 0 rings (SSSR count). The van der Waals surface area contributed by atoms with E-state index in [0.29, 0.717) is 25.0 Å². The van der Waals surface area contributed by atoms with Crippen LogP contribution in [0.2, 0.25) is 0 Å². The van der Waals surface area contributed by atoms with Crippen molar-refractivity contribution >= 4 is 5.78 Å². The predicted molar refractivity (Wildman–Crippen MR) is 46.2 cm³/mol. The van der Waals surface area contributed by atoms with Crippen LogP contribution < -0.4 is 5.32 Å². The second-order valence-corrected chi connectivity index (χ2v) is 2.45. The molecule has 0 aliphatic heterocycles. The van der Waals surface area contributed by atoms with Crippen LogP contribution in [-0.4, -0.2) is 19.4 Å². The Labute approximate surface area is 68.4 Å². The Morgan fingerprint density at radius 2 is 2.27 bits per heavy atom. The zero-order valence-corrected chi connectivity index (χ0v) is 7.02. The third-order valence-electron chi connectivity index (χ3n) is 1.43. The van der Waals surface area contributed by atoms with Gasteiger partial charge in [0.1, 0.15) is 5.78 Å². The summed E-state index contributed by atoms with van der Waals surface area (Å²) < 4.78 is 0. The van der Waals surface area contributed by atoms with Crippen LogP contribution in [0.25, 0.3) is 0 Å². The number of hydrogen-bond acceptors (Lipinski definition) is 2. The summed E-state index contributed by atoms with van der Waals surface area (Å²) in [6, 6.07) is 0. The van der Waals surface area contributed by atoms with Crippen molar-refractivity contribution < 1.29 is 4.79 Å². The molecule has 0 heterocycles. The lowest BCUT2D eigenvalue weighted by Crippen LogP contribution is -2.12. The van der Waals surface area contributed by atoms with Gasteiger partial charge in [0.2, 0.25) is 0 Å². The molecule has 1 N–H and O–H groups in total. The molecule has 0 aromatic rings. The number of rotatable bonds is 6. The molecule has 0 unspecified atom stereocenters. The second kappa shape index (κ2) is 7.30. The number of nitrogens with one attached hydrogen (secondary N) is 1. The summed E-state index contributed by atoms with van der Waals surface area (Å²) in [4.78, 5) is 11.0. The van der Waals surface area contributed by atoms with Crippen molar-refractivity contribution in [2.45, 2.75) is 25.7 Å². The molecule has 2 heteroatoms. The third-order valence-corrected chi connectivity index (χ3v) is 1.43. The van der Waals surface area contributed by atoms with Crippen LogP contribution in [0, 0.1) is 12.3 Å². The van der Waals surface area contributed by atoms with Gasteiger partial charge >= 0.3 is 0 Å². The first kappa shape index (κ1) is 10.2. The highest BCUT2D eigenvalue weighted by molar-refractivity contribution is 5.78. The van der Waals surface area contributed by atoms with E-state index < -0.39 is 0 Å². The van der Waals surface area contributed by atoms with Crippen LogP contribution in [0.5, 0.6) is 0 Å². The molecule has 0 aromatic heterocycles. The molecule has 0 aliphatic carbocycles. The number of unbranched alkanes of at least 4 members (excludes halogenated alkanes) is 1. The standard InChI is InChI=1S/C9H15NO/c1-3-4-5-6-9(11)7-8-10-2/h1,10H,4-8H2,2H3. The maximum Gasteiger partial charge on any atom is 0.134 e. The van der Waals surface area contributed by atoms with E-state index in [1.54, 1.807) is 0 Å². The van der Waals surface area contributed by atoms with Gasteiger partial charge in [0, 0.05) is 25.8 Å². The molecule has 0 saturated carbocycles. The summed E-state index contributed by atoms with van der Waals surface area (Å²) in [6.07, 6.45) is 7.84. The highest BCUT2D eigenvalue weighted by Crippen LogP contribution is 1.97. The van der Waals surface area contributed by atoms with Crippen LogP contribution in [0.4, 0.5) is 0 Å². The van der Waals surface area contributed by atoms with Crippen molar-refractivity contribution in [3.05, 3.63) is 0 Å². The van der Waals surface area contributed by atoms with Gasteiger partial charge in [0.05, 0.1) is 0 Å². The lowest BCUT2D eigenvalue weighted by Gasteiger charge is -1.97. The highest BCUT2D eigenvalue weighted by atomic mass is 16.1. The van der Waals surface area contributed by atoms with E-state index in [1.807, 2.05) is 7.05 Å². The summed E-state index contributed by atoms with van der Waals surface area (Å²) in [5.41, 5.74) is 0. The van der Waals surface area contributed by atoms with Gasteiger partial charge in [-0.25, -0.2) is 0 Å². The Balaban J connectivity index is 3.17. The number of Topliss-reactive ketones (excluding diaryl/α,β-unsaturated/α-hetero) is 1. The molecule has 11 heavy (non-hydrogen) atoms. The Morgan fingerprint density at radius 3 is 2.82 bits per heavy atom. The third kappa shape index (κ3) is 7.08. The monoisotopic (exact) mass is 153 g/mol. The van der Waals surface area contributed by atoms with Gasteiger partial charge in [-0.2, -0.15) is 0 Å². The molecule has 0 saturated heterocycles. The molecule has 62 valence electrons. The minimum Gasteiger partial charge on any atom is -0.319 e. The predicted octanol–water partition coefficient (Wildman–Crippen LogP) is 0.968. The van der Waals surface area contributed by atoms with Gasteiger partial charge in [0.15, 0.2) is 0 Å². The Bertz CT molecular complexity index is 146. The van der Waals surface area contributed by atoms with Crippen LogP contribution >= 0.6 is 0 Å². The molecular weight excluding hydrogens is 138 g/mol. The summed E-state index contributed by atoms with van der Waals surface area (Å²) in [6.45, 7) is 0.773. The van der Waals surface area contributed by atoms with Gasteiger partial charge in [0.25, 0.3) is 0 Å². The Morgan fingerprint density at radius 1 is 1.55 bits per heavy atom. The molecule has 0 spiro atoms. The summed E-state index contributed by atoms with van der Waals surface area (Å²) in [5.74, 6) is 2.81. The summed E-state index contributed by atoms with van der Waals surface area (Å²) >= 11 is 0. The number of hydrogen-bond donors (Lipinski definition) is 1. The van der Waals surface area contributed by atoms with Crippen LogP contribution in [0.15, 0.2) is 0 Å². The maximum atomic E-state index is 11.0. The average Bonchev–Trinajstić information content (AvgIpc) is 2.01. The summed E-state index contributed by atoms with van der Waals surface area (Å²) in [7, 11) is 1.84. The molecule has 0 fully saturated rings. The molecule has 0 bridgehead atoms. The van der Waals surface area contributed by atoms with Crippen molar-refractivity contribution in [1.82, 2.24) is 5.32 Å². The molecule has 2 nitrogen and oxygen atoms in total. The van der Waals surface area contributed by atoms with Gasteiger partial charge < -0.3 is 5.32 Å². The first-order valence-electron chi connectivity index (χ1n) is 3.91. The maximum absolute atomic E-state index is 11.0. The average molecular weight is 153 g/mol. The molecule has 0 aliphatic rings. The fourth-order valence-corrected chi connectivity index (χ4v) is 0.777. The number of carbonyl (C=O) groups is 1. The van der Waals surface area contributed by atoms with Gasteiger partial charge in [-0.15, -0.1) is 12.3 Å². The SMILES string of the molecule is C#CCCCC(=O)CCNC. The van der Waals surface area contributed by atoms with Gasteiger partial charge in [-0.3, -0.25) is 4.79 Å². The first-order chi connectivity index (χ1) is 5.31. The molecule has 0 atom stereocenters. The second-order valence-electron chi connectivity index (χ2n) is 2.45. The lowest BCUT2D eigenvalue weighted by atomic mass is 10.1. The Kier molecular flexibility index (Phi) is 6.76. The van der Waals surface area contributed by atoms with Crippen LogP contribution in [0.3, 0.4) is 0 Å². The van der Waals surface area contributed by atoms with E-state index in [4.69, 9.17) is 6.42 Å². The molecule has 0 radical (unpaired) electrons. The van der Waals surface area contributed by atoms with Crippen molar-refractivity contribution in [2.75, 3.05) is 13.6 Å². The lowest BCUT2D eigenvalue weighted by molar-refractivity contribution is -0.119. The normalized spacial score (nSPS) is 9.09. The zero-order valence-electron chi connectivity index (χ0n) is 7.02. The number of ketones is 1. The van der Waals surface area contributed by atoms with E-state index in [-0.39, 0.29) is 0 Å².